The van der Waals surface area contributed by atoms with E-state index in [2.05, 4.69) is 0 Å². The lowest BCUT2D eigenvalue weighted by atomic mass is 10.5. The molecule has 2 aliphatic heterocycles. The van der Waals surface area contributed by atoms with Crippen molar-refractivity contribution >= 4 is 45.2 Å². The summed E-state index contributed by atoms with van der Waals surface area (Å²) in [4.78, 5) is 48.3. The topological polar surface area (TPSA) is 74.8 Å². The molecule has 8 heteroatoms. The van der Waals surface area contributed by atoms with Gasteiger partial charge in [0, 0.05) is 24.3 Å². The maximum atomic E-state index is 11.5. The summed E-state index contributed by atoms with van der Waals surface area (Å²) in [6.45, 7) is 3.44. The summed E-state index contributed by atoms with van der Waals surface area (Å²) < 4.78 is 0. The number of rotatable bonds is 5. The van der Waals surface area contributed by atoms with Crippen LogP contribution < -0.4 is 0 Å². The van der Waals surface area contributed by atoms with Crippen LogP contribution in [0.4, 0.5) is 0 Å². The van der Waals surface area contributed by atoms with Gasteiger partial charge in [-0.2, -0.15) is 0 Å². The molecule has 2 unspecified atom stereocenters. The number of carbonyl (C=O) groups excluding carboxylic acids is 4. The maximum Gasteiger partial charge on any atom is 0.254 e. The Hall–Kier alpha value is -1.54. The summed E-state index contributed by atoms with van der Waals surface area (Å²) in [5.41, 5.74) is 0. The third kappa shape index (κ3) is 2.80. The first-order valence-corrected chi connectivity index (χ1v) is 8.12. The van der Waals surface area contributed by atoms with Gasteiger partial charge >= 0.3 is 0 Å². The van der Waals surface area contributed by atoms with Gasteiger partial charge in [0.2, 0.25) is 0 Å². The van der Waals surface area contributed by atoms with Crippen molar-refractivity contribution in [3.05, 3.63) is 24.3 Å². The van der Waals surface area contributed by atoms with Crippen molar-refractivity contribution in [3.63, 3.8) is 0 Å². The molecule has 0 radical (unpaired) electrons. The number of hydrogen-bond acceptors (Lipinski definition) is 6. The molecule has 0 saturated carbocycles. The van der Waals surface area contributed by atoms with Gasteiger partial charge in [-0.3, -0.25) is 29.0 Å². The predicted octanol–water partition coefficient (Wildman–Crippen LogP) is 0.910. The molecule has 2 heterocycles. The second kappa shape index (κ2) is 5.84. The molecule has 0 saturated heterocycles. The molecular weight excluding hydrogens is 300 g/mol. The summed E-state index contributed by atoms with van der Waals surface area (Å²) in [6.07, 6.45) is 4.91. The van der Waals surface area contributed by atoms with E-state index >= 15 is 0 Å². The fraction of sp³-hybridized carbons (Fsp3) is 0.333. The largest absolute Gasteiger partial charge is 0.269 e. The Morgan fingerprint density at radius 1 is 0.700 bits per heavy atom. The summed E-state index contributed by atoms with van der Waals surface area (Å²) in [5.74, 6) is -1.40. The maximum absolute atomic E-state index is 11.5. The molecular formula is C12H12N2O4S2. The third-order valence-corrected chi connectivity index (χ3v) is 5.84. The first kappa shape index (κ1) is 14.9. The highest BCUT2D eigenvalue weighted by Gasteiger charge is 2.32. The second-order valence-corrected chi connectivity index (χ2v) is 7.05. The molecule has 0 spiro atoms. The van der Waals surface area contributed by atoms with E-state index in [1.165, 1.54) is 45.9 Å². The zero-order chi connectivity index (χ0) is 14.9. The molecule has 0 aliphatic carbocycles. The van der Waals surface area contributed by atoms with E-state index in [1.54, 1.807) is 13.8 Å². The van der Waals surface area contributed by atoms with Gasteiger partial charge in [0.1, 0.15) is 0 Å². The summed E-state index contributed by atoms with van der Waals surface area (Å²) >= 11 is 0. The van der Waals surface area contributed by atoms with E-state index in [0.717, 1.165) is 9.80 Å². The van der Waals surface area contributed by atoms with Gasteiger partial charge in [-0.25, -0.2) is 0 Å². The van der Waals surface area contributed by atoms with E-state index < -0.39 is 0 Å². The molecule has 2 atom stereocenters. The molecule has 106 valence electrons. The normalized spacial score (nSPS) is 21.3. The third-order valence-electron chi connectivity index (χ3n) is 2.75. The molecule has 0 aromatic rings. The predicted molar refractivity (Wildman–Crippen MR) is 76.1 cm³/mol. The fourth-order valence-electron chi connectivity index (χ4n) is 1.79. The van der Waals surface area contributed by atoms with Crippen LogP contribution in [-0.4, -0.2) is 44.2 Å². The highest BCUT2D eigenvalue weighted by molar-refractivity contribution is 8.77. The number of nitrogens with zero attached hydrogens (tertiary/aromatic N) is 2. The van der Waals surface area contributed by atoms with Crippen molar-refractivity contribution in [2.75, 3.05) is 0 Å². The van der Waals surface area contributed by atoms with Crippen LogP contribution in [0.3, 0.4) is 0 Å². The van der Waals surface area contributed by atoms with Crippen molar-refractivity contribution in [1.82, 2.24) is 9.80 Å². The minimum atomic E-state index is -0.377. The lowest BCUT2D eigenvalue weighted by Crippen LogP contribution is -2.38. The Labute approximate surface area is 123 Å². The van der Waals surface area contributed by atoms with Crippen LogP contribution in [0.5, 0.6) is 0 Å². The van der Waals surface area contributed by atoms with Gasteiger partial charge in [-0.05, 0) is 13.8 Å². The number of amides is 4. The fourth-order valence-corrected chi connectivity index (χ4v) is 4.18. The highest BCUT2D eigenvalue weighted by atomic mass is 33.1. The Kier molecular flexibility index (Phi) is 4.34. The average Bonchev–Trinajstić information content (AvgIpc) is 2.89. The van der Waals surface area contributed by atoms with Gasteiger partial charge in [-0.15, -0.1) is 0 Å². The van der Waals surface area contributed by atoms with Gasteiger partial charge in [0.25, 0.3) is 23.6 Å². The van der Waals surface area contributed by atoms with E-state index in [1.807, 2.05) is 0 Å². The van der Waals surface area contributed by atoms with Crippen LogP contribution in [0, 0.1) is 0 Å². The first-order chi connectivity index (χ1) is 9.41. The average molecular weight is 312 g/mol. The minimum Gasteiger partial charge on any atom is -0.269 e. The van der Waals surface area contributed by atoms with Crippen molar-refractivity contribution in [2.24, 2.45) is 0 Å². The van der Waals surface area contributed by atoms with Crippen LogP contribution in [0.1, 0.15) is 13.8 Å². The molecule has 0 aromatic heterocycles. The van der Waals surface area contributed by atoms with Gasteiger partial charge in [-0.1, -0.05) is 21.6 Å². The number of hydrogen-bond donors (Lipinski definition) is 0. The first-order valence-electron chi connectivity index (χ1n) is 5.84. The Balaban J connectivity index is 1.89. The molecule has 0 bridgehead atoms. The number of carbonyl (C=O) groups is 4. The zero-order valence-corrected chi connectivity index (χ0v) is 12.4. The summed E-state index contributed by atoms with van der Waals surface area (Å²) in [6, 6.07) is 0. The van der Waals surface area contributed by atoms with Crippen LogP contribution in [0.2, 0.25) is 0 Å². The molecule has 6 nitrogen and oxygen atoms in total. The molecule has 2 rings (SSSR count). The van der Waals surface area contributed by atoms with Crippen LogP contribution in [-0.2, 0) is 19.2 Å². The van der Waals surface area contributed by atoms with Crippen LogP contribution in [0.15, 0.2) is 24.3 Å². The molecule has 0 aromatic carbocycles. The Morgan fingerprint density at radius 3 is 1.20 bits per heavy atom. The number of imide groups is 2. The summed E-state index contributed by atoms with van der Waals surface area (Å²) in [7, 11) is 2.53. The smallest absolute Gasteiger partial charge is 0.254 e. The van der Waals surface area contributed by atoms with E-state index in [4.69, 9.17) is 0 Å². The van der Waals surface area contributed by atoms with Gasteiger partial charge in [0.15, 0.2) is 0 Å². The van der Waals surface area contributed by atoms with Crippen molar-refractivity contribution in [3.8, 4) is 0 Å². The van der Waals surface area contributed by atoms with Gasteiger partial charge in [0.05, 0.1) is 10.7 Å². The monoisotopic (exact) mass is 312 g/mol. The van der Waals surface area contributed by atoms with Gasteiger partial charge < -0.3 is 0 Å². The molecule has 2 aliphatic rings. The lowest BCUT2D eigenvalue weighted by molar-refractivity contribution is -0.138. The SMILES string of the molecule is CC(SSC(C)N1C(=O)C=CC1=O)N1C(=O)C=CC1=O. The second-order valence-electron chi connectivity index (χ2n) is 4.15. The zero-order valence-electron chi connectivity index (χ0n) is 10.8. The Bertz CT molecular complexity index is 460. The standard InChI is InChI=1S/C12H12N2O4S2/c1-7(13-9(15)3-4-10(13)16)19-20-8(2)14-11(17)5-6-12(14)18/h3-8H,1-2H3. The molecule has 4 amide bonds. The minimum absolute atomic E-state index is 0.349. The van der Waals surface area contributed by atoms with Crippen molar-refractivity contribution in [1.29, 1.82) is 0 Å². The van der Waals surface area contributed by atoms with Crippen molar-refractivity contribution < 1.29 is 19.2 Å². The summed E-state index contributed by atoms with van der Waals surface area (Å²) in [5, 5.41) is -0.753. The van der Waals surface area contributed by atoms with Crippen LogP contribution in [0.25, 0.3) is 0 Å². The quantitative estimate of drug-likeness (QED) is 0.555. The Morgan fingerprint density at radius 2 is 0.950 bits per heavy atom. The van der Waals surface area contributed by atoms with Crippen molar-refractivity contribution in [2.45, 2.75) is 24.6 Å². The van der Waals surface area contributed by atoms with E-state index in [0.29, 0.717) is 0 Å². The lowest BCUT2D eigenvalue weighted by Gasteiger charge is -2.25. The highest BCUT2D eigenvalue weighted by Crippen LogP contribution is 2.35. The van der Waals surface area contributed by atoms with E-state index in [9.17, 15) is 19.2 Å². The molecule has 0 N–H and O–H groups in total. The van der Waals surface area contributed by atoms with E-state index in [-0.39, 0.29) is 34.4 Å². The molecule has 0 fully saturated rings. The van der Waals surface area contributed by atoms with Crippen LogP contribution >= 0.6 is 21.6 Å². The molecule has 20 heavy (non-hydrogen) atoms.